The summed E-state index contributed by atoms with van der Waals surface area (Å²) in [4.78, 5) is 17.6. The predicted octanol–water partition coefficient (Wildman–Crippen LogP) is 5.08. The van der Waals surface area contributed by atoms with Crippen molar-refractivity contribution in [1.29, 1.82) is 0 Å². The zero-order chi connectivity index (χ0) is 18.6. The first-order chi connectivity index (χ1) is 11.9. The van der Waals surface area contributed by atoms with Gasteiger partial charge in [0.2, 0.25) is 0 Å². The summed E-state index contributed by atoms with van der Waals surface area (Å²) in [5.41, 5.74) is 5.32. The predicted molar refractivity (Wildman–Crippen MR) is 111 cm³/mol. The Hall–Kier alpha value is -1.63. The Bertz CT molecular complexity index is 766. The van der Waals surface area contributed by atoms with Crippen LogP contribution < -0.4 is 10.1 Å². The first-order valence-corrected chi connectivity index (χ1v) is 9.73. The summed E-state index contributed by atoms with van der Waals surface area (Å²) < 4.78 is 6.52. The van der Waals surface area contributed by atoms with Gasteiger partial charge in [0, 0.05) is 5.69 Å². The summed E-state index contributed by atoms with van der Waals surface area (Å²) in [5, 5.41) is 3.13. The molecule has 2 rings (SSSR count). The van der Waals surface area contributed by atoms with E-state index in [1.807, 2.05) is 26.8 Å². The number of hydrogen-bond acceptors (Lipinski definition) is 3. The number of nitrogens with one attached hydrogen (secondary N) is 1. The smallest absolute Gasteiger partial charge is 0.258 e. The van der Waals surface area contributed by atoms with Crippen molar-refractivity contribution >= 4 is 34.2 Å². The SMILES string of the molecule is CCOc1c(C)nc(C)c(C(=O)Nc2c(CC)cccc2CC)c1I. The maximum Gasteiger partial charge on any atom is 0.258 e. The van der Waals surface area contributed by atoms with Crippen molar-refractivity contribution in [3.63, 3.8) is 0 Å². The Morgan fingerprint density at radius 2 is 1.72 bits per heavy atom. The molecule has 0 spiro atoms. The number of aromatic nitrogens is 1. The van der Waals surface area contributed by atoms with Crippen LogP contribution in [0.1, 0.15) is 53.6 Å². The van der Waals surface area contributed by atoms with E-state index in [1.54, 1.807) is 0 Å². The number of hydrogen-bond donors (Lipinski definition) is 1. The van der Waals surface area contributed by atoms with Crippen LogP contribution in [0.5, 0.6) is 5.75 Å². The van der Waals surface area contributed by atoms with Gasteiger partial charge in [-0.2, -0.15) is 0 Å². The van der Waals surface area contributed by atoms with Crippen molar-refractivity contribution in [1.82, 2.24) is 4.98 Å². The molecule has 0 atom stereocenters. The summed E-state index contributed by atoms with van der Waals surface area (Å²) >= 11 is 2.18. The van der Waals surface area contributed by atoms with Gasteiger partial charge in [-0.05, 0) is 67.3 Å². The summed E-state index contributed by atoms with van der Waals surface area (Å²) in [5.74, 6) is 0.560. The third kappa shape index (κ3) is 4.14. The van der Waals surface area contributed by atoms with Gasteiger partial charge < -0.3 is 10.1 Å². The lowest BCUT2D eigenvalue weighted by molar-refractivity contribution is 0.102. The molecule has 1 heterocycles. The lowest BCUT2D eigenvalue weighted by atomic mass is 10.0. The van der Waals surface area contributed by atoms with Crippen molar-refractivity contribution in [2.24, 2.45) is 0 Å². The van der Waals surface area contributed by atoms with Crippen LogP contribution in [0.3, 0.4) is 0 Å². The van der Waals surface area contributed by atoms with E-state index < -0.39 is 0 Å². The van der Waals surface area contributed by atoms with Crippen molar-refractivity contribution in [3.05, 3.63) is 49.8 Å². The van der Waals surface area contributed by atoms with Crippen molar-refractivity contribution in [2.75, 3.05) is 11.9 Å². The highest BCUT2D eigenvalue weighted by Gasteiger charge is 2.22. The number of rotatable bonds is 6. The highest BCUT2D eigenvalue weighted by molar-refractivity contribution is 14.1. The van der Waals surface area contributed by atoms with Gasteiger partial charge in [-0.3, -0.25) is 9.78 Å². The van der Waals surface area contributed by atoms with E-state index in [9.17, 15) is 4.79 Å². The van der Waals surface area contributed by atoms with Gasteiger partial charge >= 0.3 is 0 Å². The molecule has 1 N–H and O–H groups in total. The maximum atomic E-state index is 13.0. The first-order valence-electron chi connectivity index (χ1n) is 8.66. The van der Waals surface area contributed by atoms with Crippen LogP contribution in [-0.4, -0.2) is 17.5 Å². The largest absolute Gasteiger partial charge is 0.491 e. The standard InChI is InChI=1S/C20H25IN2O2/c1-6-14-10-9-11-15(7-2)18(14)23-20(24)16-12(4)22-13(5)19(17(16)21)25-8-3/h9-11H,6-8H2,1-5H3,(H,23,24). The minimum absolute atomic E-state index is 0.133. The van der Waals surface area contributed by atoms with E-state index in [4.69, 9.17) is 4.74 Å². The second kappa shape index (κ2) is 8.65. The highest BCUT2D eigenvalue weighted by atomic mass is 127. The normalized spacial score (nSPS) is 10.6. The Labute approximate surface area is 163 Å². The van der Waals surface area contributed by atoms with Crippen LogP contribution in [0.15, 0.2) is 18.2 Å². The Balaban J connectivity index is 2.48. The molecule has 0 bridgehead atoms. The van der Waals surface area contributed by atoms with E-state index in [0.29, 0.717) is 17.9 Å². The minimum atomic E-state index is -0.133. The number of halogens is 1. The number of para-hydroxylation sites is 1. The lowest BCUT2D eigenvalue weighted by Crippen LogP contribution is -2.19. The summed E-state index contributed by atoms with van der Waals surface area (Å²) in [7, 11) is 0. The third-order valence-corrected chi connectivity index (χ3v) is 5.23. The molecular weight excluding hydrogens is 427 g/mol. The Morgan fingerprint density at radius 3 is 2.24 bits per heavy atom. The molecule has 0 fully saturated rings. The fraction of sp³-hybridized carbons (Fsp3) is 0.400. The van der Waals surface area contributed by atoms with Crippen LogP contribution in [0.25, 0.3) is 0 Å². The van der Waals surface area contributed by atoms with Crippen LogP contribution >= 0.6 is 22.6 Å². The third-order valence-electron chi connectivity index (χ3n) is 4.20. The van der Waals surface area contributed by atoms with Gasteiger partial charge in [0.1, 0.15) is 0 Å². The summed E-state index contributed by atoms with van der Waals surface area (Å²) in [6, 6.07) is 6.17. The molecule has 1 amide bonds. The molecule has 0 saturated heterocycles. The number of aryl methyl sites for hydroxylation is 4. The number of pyridine rings is 1. The second-order valence-corrected chi connectivity index (χ2v) is 6.92. The van der Waals surface area contributed by atoms with Gasteiger partial charge in [0.05, 0.1) is 27.1 Å². The van der Waals surface area contributed by atoms with Crippen LogP contribution in [0.2, 0.25) is 0 Å². The van der Waals surface area contributed by atoms with Crippen LogP contribution in [0.4, 0.5) is 5.69 Å². The minimum Gasteiger partial charge on any atom is -0.491 e. The average molecular weight is 452 g/mol. The molecule has 4 nitrogen and oxygen atoms in total. The van der Waals surface area contributed by atoms with Crippen molar-refractivity contribution in [2.45, 2.75) is 47.5 Å². The Morgan fingerprint density at radius 1 is 1.12 bits per heavy atom. The van der Waals surface area contributed by atoms with Gasteiger partial charge in [-0.15, -0.1) is 0 Å². The van der Waals surface area contributed by atoms with E-state index >= 15 is 0 Å². The average Bonchev–Trinajstić information content (AvgIpc) is 2.58. The number of benzene rings is 1. The molecule has 1 aromatic heterocycles. The molecule has 5 heteroatoms. The van der Waals surface area contributed by atoms with E-state index in [-0.39, 0.29) is 5.91 Å². The number of anilines is 1. The second-order valence-electron chi connectivity index (χ2n) is 5.85. The molecule has 0 saturated carbocycles. The summed E-state index contributed by atoms with van der Waals surface area (Å²) in [6.07, 6.45) is 1.74. The van der Waals surface area contributed by atoms with Gasteiger partial charge in [-0.1, -0.05) is 32.0 Å². The van der Waals surface area contributed by atoms with E-state index in [2.05, 4.69) is 58.9 Å². The van der Waals surface area contributed by atoms with Gasteiger partial charge in [-0.25, -0.2) is 0 Å². The number of nitrogens with zero attached hydrogens (tertiary/aromatic N) is 1. The van der Waals surface area contributed by atoms with Gasteiger partial charge in [0.25, 0.3) is 5.91 Å². The molecule has 25 heavy (non-hydrogen) atoms. The summed E-state index contributed by atoms with van der Waals surface area (Å²) in [6.45, 7) is 10.4. The molecular formula is C20H25IN2O2. The monoisotopic (exact) mass is 452 g/mol. The maximum absolute atomic E-state index is 13.0. The molecule has 0 radical (unpaired) electrons. The van der Waals surface area contributed by atoms with E-state index in [0.717, 1.165) is 44.6 Å². The molecule has 134 valence electrons. The molecule has 0 aliphatic carbocycles. The lowest BCUT2D eigenvalue weighted by Gasteiger charge is -2.18. The molecule has 0 aliphatic rings. The van der Waals surface area contributed by atoms with Crippen LogP contribution in [-0.2, 0) is 12.8 Å². The highest BCUT2D eigenvalue weighted by Crippen LogP contribution is 2.31. The van der Waals surface area contributed by atoms with E-state index in [1.165, 1.54) is 0 Å². The van der Waals surface area contributed by atoms with Crippen molar-refractivity contribution < 1.29 is 9.53 Å². The molecule has 0 unspecified atom stereocenters. The van der Waals surface area contributed by atoms with Crippen LogP contribution in [0, 0.1) is 17.4 Å². The molecule has 0 aliphatic heterocycles. The number of ether oxygens (including phenoxy) is 1. The first kappa shape index (κ1) is 19.7. The quantitative estimate of drug-likeness (QED) is 0.623. The number of carbonyl (C=O) groups excluding carboxylic acids is 1. The topological polar surface area (TPSA) is 51.2 Å². The number of amides is 1. The van der Waals surface area contributed by atoms with Crippen molar-refractivity contribution in [3.8, 4) is 5.75 Å². The number of carbonyl (C=O) groups is 1. The zero-order valence-corrected chi connectivity index (χ0v) is 17.7. The zero-order valence-electron chi connectivity index (χ0n) is 15.5. The fourth-order valence-corrected chi connectivity index (χ4v) is 4.13. The van der Waals surface area contributed by atoms with Gasteiger partial charge in [0.15, 0.2) is 5.75 Å². The molecule has 2 aromatic rings. The Kier molecular flexibility index (Phi) is 6.81. The fourth-order valence-electron chi connectivity index (χ4n) is 2.94. The molecule has 1 aromatic carbocycles.